The van der Waals surface area contributed by atoms with Gasteiger partial charge in [-0.3, -0.25) is 19.2 Å². The predicted octanol–water partition coefficient (Wildman–Crippen LogP) is 1.94. The maximum absolute atomic E-state index is 12.9. The molecule has 4 rings (SSSR count). The van der Waals surface area contributed by atoms with E-state index in [0.29, 0.717) is 11.6 Å². The topological polar surface area (TPSA) is 104 Å². The molecule has 28 heavy (non-hydrogen) atoms. The van der Waals surface area contributed by atoms with E-state index in [1.165, 1.54) is 9.13 Å². The van der Waals surface area contributed by atoms with E-state index in [0.717, 1.165) is 12.2 Å². The van der Waals surface area contributed by atoms with Gasteiger partial charge < -0.3 is 9.13 Å². The van der Waals surface area contributed by atoms with Crippen molar-refractivity contribution in [2.45, 2.75) is 11.8 Å². The monoisotopic (exact) mass is 418 g/mol. The summed E-state index contributed by atoms with van der Waals surface area (Å²) in [6.45, 7) is 0. The quantitative estimate of drug-likeness (QED) is 0.705. The number of hydrogen-bond acceptors (Lipinski definition) is 6. The molecule has 2 aliphatic rings. The molecule has 0 N–H and O–H groups in total. The van der Waals surface area contributed by atoms with Crippen LogP contribution in [0.5, 0.6) is 0 Å². The Morgan fingerprint density at radius 3 is 1.43 bits per heavy atom. The summed E-state index contributed by atoms with van der Waals surface area (Å²) in [7, 11) is 3.16. The number of alkyl halides is 2. The highest BCUT2D eigenvalue weighted by molar-refractivity contribution is 6.33. The fourth-order valence-corrected chi connectivity index (χ4v) is 3.87. The molecule has 2 aromatic heterocycles. The minimum absolute atomic E-state index is 0.0119. The largest absolute Gasteiger partial charge is 0.327 e. The first-order chi connectivity index (χ1) is 13.3. The Hall–Kier alpha value is -2.84. The van der Waals surface area contributed by atoms with Crippen LogP contribution in [0.25, 0.3) is 0 Å². The Morgan fingerprint density at radius 1 is 0.750 bits per heavy atom. The van der Waals surface area contributed by atoms with E-state index in [1.807, 2.05) is 0 Å². The van der Waals surface area contributed by atoms with Crippen LogP contribution in [-0.2, 0) is 25.9 Å². The number of carbonyl (C=O) groups excluding carboxylic acids is 4. The SMILES string of the molecule is Cn1c(CCl)nc2c1C(=O)C=C(C1=CC(=O)c3c(nc(CCl)n3C)C1=O)C2=O. The summed E-state index contributed by atoms with van der Waals surface area (Å²) in [5.41, 5.74) is -0.340. The number of carbonyl (C=O) groups is 4. The van der Waals surface area contributed by atoms with Gasteiger partial charge in [-0.2, -0.15) is 0 Å². The molecule has 0 bridgehead atoms. The number of fused-ring (bicyclic) bond motifs is 2. The highest BCUT2D eigenvalue weighted by Crippen LogP contribution is 2.31. The molecule has 0 radical (unpaired) electrons. The van der Waals surface area contributed by atoms with E-state index in [4.69, 9.17) is 23.2 Å². The van der Waals surface area contributed by atoms with Crippen LogP contribution in [-0.4, -0.2) is 42.2 Å². The maximum atomic E-state index is 12.9. The maximum Gasteiger partial charge on any atom is 0.214 e. The van der Waals surface area contributed by atoms with E-state index < -0.39 is 23.1 Å². The van der Waals surface area contributed by atoms with Gasteiger partial charge in [0.15, 0.2) is 0 Å². The van der Waals surface area contributed by atoms with Crippen molar-refractivity contribution in [3.05, 3.63) is 57.7 Å². The average Bonchev–Trinajstić information content (AvgIpc) is 3.19. The van der Waals surface area contributed by atoms with Gasteiger partial charge in [-0.05, 0) is 12.2 Å². The van der Waals surface area contributed by atoms with Gasteiger partial charge >= 0.3 is 0 Å². The third kappa shape index (κ3) is 2.38. The van der Waals surface area contributed by atoms with Gasteiger partial charge in [-0.1, -0.05) is 0 Å². The Bertz CT molecular complexity index is 1090. The molecule has 0 saturated carbocycles. The lowest BCUT2D eigenvalue weighted by Crippen LogP contribution is -2.26. The van der Waals surface area contributed by atoms with Gasteiger partial charge in [0.05, 0.1) is 11.8 Å². The van der Waals surface area contributed by atoms with Crippen molar-refractivity contribution >= 4 is 46.3 Å². The van der Waals surface area contributed by atoms with Crippen LogP contribution in [0.3, 0.4) is 0 Å². The second kappa shape index (κ2) is 6.35. The number of aromatic nitrogens is 4. The Labute approximate surface area is 168 Å². The Kier molecular flexibility index (Phi) is 4.20. The van der Waals surface area contributed by atoms with Gasteiger partial charge in [0.1, 0.15) is 34.4 Å². The van der Waals surface area contributed by atoms with Crippen LogP contribution in [0.1, 0.15) is 53.6 Å². The number of halogens is 2. The lowest BCUT2D eigenvalue weighted by molar-refractivity contribution is 0.0955. The second-order valence-electron chi connectivity index (χ2n) is 6.34. The lowest BCUT2D eigenvalue weighted by Gasteiger charge is -2.16. The number of allylic oxidation sites excluding steroid dienone is 4. The Morgan fingerprint density at radius 2 is 1.11 bits per heavy atom. The molecule has 0 atom stereocenters. The van der Waals surface area contributed by atoms with E-state index in [-0.39, 0.29) is 45.7 Å². The van der Waals surface area contributed by atoms with Crippen molar-refractivity contribution in [1.29, 1.82) is 0 Å². The number of nitrogens with zero attached hydrogens (tertiary/aromatic N) is 4. The number of Topliss-reactive ketones (excluding diaryl/α,β-unsaturated/α-hetero) is 2. The molecule has 2 heterocycles. The zero-order chi connectivity index (χ0) is 20.3. The molecule has 0 aliphatic heterocycles. The first-order valence-corrected chi connectivity index (χ1v) is 9.22. The fourth-order valence-electron chi connectivity index (χ4n) is 3.39. The molecule has 0 aromatic carbocycles. The van der Waals surface area contributed by atoms with E-state index in [9.17, 15) is 19.2 Å². The highest BCUT2D eigenvalue weighted by atomic mass is 35.5. The molecule has 2 aliphatic carbocycles. The van der Waals surface area contributed by atoms with Crippen molar-refractivity contribution in [1.82, 2.24) is 19.1 Å². The zero-order valence-electron chi connectivity index (χ0n) is 14.7. The summed E-state index contributed by atoms with van der Waals surface area (Å²) >= 11 is 11.6. The normalized spacial score (nSPS) is 16.1. The van der Waals surface area contributed by atoms with Crippen LogP contribution in [0.4, 0.5) is 0 Å². The highest BCUT2D eigenvalue weighted by Gasteiger charge is 2.39. The summed E-state index contributed by atoms with van der Waals surface area (Å²) in [6, 6.07) is 0. The third-order valence-electron chi connectivity index (χ3n) is 4.84. The molecule has 142 valence electrons. The number of hydrogen-bond donors (Lipinski definition) is 0. The lowest BCUT2D eigenvalue weighted by atomic mass is 9.85. The predicted molar refractivity (Wildman–Crippen MR) is 99.0 cm³/mol. The fraction of sp³-hybridized carbons (Fsp3) is 0.222. The molecule has 2 aromatic rings. The first-order valence-electron chi connectivity index (χ1n) is 8.15. The summed E-state index contributed by atoms with van der Waals surface area (Å²) < 4.78 is 2.89. The number of imidazole rings is 2. The van der Waals surface area contributed by atoms with Crippen molar-refractivity contribution in [3.63, 3.8) is 0 Å². The first kappa shape index (κ1) is 18.5. The van der Waals surface area contributed by atoms with Gasteiger partial charge in [0.2, 0.25) is 23.1 Å². The summed E-state index contributed by atoms with van der Waals surface area (Å²) in [6.07, 6.45) is 2.11. The van der Waals surface area contributed by atoms with Crippen LogP contribution < -0.4 is 0 Å². The van der Waals surface area contributed by atoms with Gasteiger partial charge in [-0.15, -0.1) is 23.2 Å². The van der Waals surface area contributed by atoms with Crippen molar-refractivity contribution < 1.29 is 19.2 Å². The summed E-state index contributed by atoms with van der Waals surface area (Å²) in [5, 5.41) is 0. The summed E-state index contributed by atoms with van der Waals surface area (Å²) in [4.78, 5) is 59.3. The molecular formula is C18H12Cl2N4O4. The van der Waals surface area contributed by atoms with Crippen molar-refractivity contribution in [2.24, 2.45) is 14.1 Å². The molecule has 0 saturated heterocycles. The number of rotatable bonds is 3. The third-order valence-corrected chi connectivity index (χ3v) is 5.32. The minimum atomic E-state index is -0.620. The van der Waals surface area contributed by atoms with Crippen molar-refractivity contribution in [3.8, 4) is 0 Å². The zero-order valence-corrected chi connectivity index (χ0v) is 16.3. The molecular weight excluding hydrogens is 407 g/mol. The molecule has 0 amide bonds. The molecule has 0 fully saturated rings. The van der Waals surface area contributed by atoms with Gasteiger partial charge in [0, 0.05) is 25.2 Å². The van der Waals surface area contributed by atoms with Crippen LogP contribution in [0, 0.1) is 0 Å². The van der Waals surface area contributed by atoms with Gasteiger partial charge in [0.25, 0.3) is 0 Å². The standard InChI is InChI=1S/C18H12Cl2N4O4/c1-23-11(5-19)21-13-15(23)9(25)3-7(17(13)27)8-4-10(26)16-14(18(8)28)22-12(6-20)24(16)2/h3-4H,5-6H2,1-2H3. The van der Waals surface area contributed by atoms with E-state index >= 15 is 0 Å². The van der Waals surface area contributed by atoms with Crippen LogP contribution in [0.2, 0.25) is 0 Å². The molecule has 10 heteroatoms. The Balaban J connectivity index is 1.84. The van der Waals surface area contributed by atoms with E-state index in [2.05, 4.69) is 9.97 Å². The van der Waals surface area contributed by atoms with Crippen molar-refractivity contribution in [2.75, 3.05) is 0 Å². The smallest absolute Gasteiger partial charge is 0.214 e. The average molecular weight is 419 g/mol. The molecule has 8 nitrogen and oxygen atoms in total. The minimum Gasteiger partial charge on any atom is -0.327 e. The second-order valence-corrected chi connectivity index (χ2v) is 6.87. The van der Waals surface area contributed by atoms with Crippen LogP contribution in [0.15, 0.2) is 23.3 Å². The van der Waals surface area contributed by atoms with E-state index in [1.54, 1.807) is 14.1 Å². The van der Waals surface area contributed by atoms with Gasteiger partial charge in [-0.25, -0.2) is 9.97 Å². The number of ketones is 4. The summed E-state index contributed by atoms with van der Waals surface area (Å²) in [5.74, 6) is -1.51. The molecule has 0 spiro atoms. The van der Waals surface area contributed by atoms with Crippen LogP contribution >= 0.6 is 23.2 Å². The molecule has 0 unspecified atom stereocenters.